The number of methoxy groups -OCH3 is 1. The Hall–Kier alpha value is -2.74. The molecule has 32 heavy (non-hydrogen) atoms. The lowest BCUT2D eigenvalue weighted by Gasteiger charge is -2.32. The molecule has 0 aliphatic carbocycles. The number of hydrogen-bond donors (Lipinski definition) is 1. The molecule has 6 nitrogen and oxygen atoms in total. The largest absolute Gasteiger partial charge is 0.495 e. The zero-order valence-corrected chi connectivity index (χ0v) is 19.7. The SMILES string of the molecule is COc1ccc(C)cc1NC(=O)Cc1csc(-c2cccc(CN3CCN(C)CC3)c2)n1. The molecule has 168 valence electrons. The van der Waals surface area contributed by atoms with E-state index < -0.39 is 0 Å². The van der Waals surface area contributed by atoms with Crippen molar-refractivity contribution in [1.82, 2.24) is 14.8 Å². The Morgan fingerprint density at radius 3 is 2.75 bits per heavy atom. The number of likely N-dealkylation sites (N-methyl/N-ethyl adjacent to an activating group) is 1. The van der Waals surface area contributed by atoms with Crippen molar-refractivity contribution in [3.8, 4) is 16.3 Å². The Kier molecular flexibility index (Phi) is 7.19. The molecule has 0 bridgehead atoms. The van der Waals surface area contributed by atoms with Gasteiger partial charge < -0.3 is 15.0 Å². The van der Waals surface area contributed by atoms with Crippen LogP contribution in [0.1, 0.15) is 16.8 Å². The van der Waals surface area contributed by atoms with Crippen LogP contribution in [-0.2, 0) is 17.8 Å². The number of ether oxygens (including phenoxy) is 1. The van der Waals surface area contributed by atoms with Gasteiger partial charge in [-0.2, -0.15) is 0 Å². The number of rotatable bonds is 7. The highest BCUT2D eigenvalue weighted by Gasteiger charge is 2.15. The third-order valence-corrected chi connectivity index (χ3v) is 6.64. The van der Waals surface area contributed by atoms with Crippen molar-refractivity contribution in [3.63, 3.8) is 0 Å². The summed E-state index contributed by atoms with van der Waals surface area (Å²) in [6.07, 6.45) is 0.231. The Morgan fingerprint density at radius 2 is 1.97 bits per heavy atom. The Morgan fingerprint density at radius 1 is 1.16 bits per heavy atom. The van der Waals surface area contributed by atoms with E-state index in [0.29, 0.717) is 11.4 Å². The maximum absolute atomic E-state index is 12.6. The highest BCUT2D eigenvalue weighted by atomic mass is 32.1. The number of amides is 1. The summed E-state index contributed by atoms with van der Waals surface area (Å²) in [5, 5.41) is 5.86. The molecule has 1 fully saturated rings. The fourth-order valence-corrected chi connectivity index (χ4v) is 4.68. The van der Waals surface area contributed by atoms with Crippen LogP contribution in [0.5, 0.6) is 5.75 Å². The van der Waals surface area contributed by atoms with Gasteiger partial charge in [0.2, 0.25) is 5.91 Å². The van der Waals surface area contributed by atoms with Crippen molar-refractivity contribution < 1.29 is 9.53 Å². The summed E-state index contributed by atoms with van der Waals surface area (Å²) in [4.78, 5) is 22.2. The fourth-order valence-electron chi connectivity index (χ4n) is 3.87. The van der Waals surface area contributed by atoms with E-state index in [2.05, 4.69) is 46.4 Å². The lowest BCUT2D eigenvalue weighted by Crippen LogP contribution is -2.43. The van der Waals surface area contributed by atoms with Crippen LogP contribution in [-0.4, -0.2) is 61.0 Å². The van der Waals surface area contributed by atoms with Crippen molar-refractivity contribution >= 4 is 22.9 Å². The van der Waals surface area contributed by atoms with Crippen LogP contribution < -0.4 is 10.1 Å². The van der Waals surface area contributed by atoms with Crippen LogP contribution >= 0.6 is 11.3 Å². The predicted molar refractivity (Wildman–Crippen MR) is 130 cm³/mol. The van der Waals surface area contributed by atoms with Gasteiger partial charge in [0.15, 0.2) is 0 Å². The van der Waals surface area contributed by atoms with Crippen LogP contribution in [0.15, 0.2) is 47.8 Å². The molecule has 2 heterocycles. The number of aromatic nitrogens is 1. The van der Waals surface area contributed by atoms with E-state index in [0.717, 1.165) is 54.6 Å². The van der Waals surface area contributed by atoms with Crippen molar-refractivity contribution in [1.29, 1.82) is 0 Å². The second kappa shape index (κ2) is 10.3. The van der Waals surface area contributed by atoms with Gasteiger partial charge in [-0.25, -0.2) is 4.98 Å². The van der Waals surface area contributed by atoms with E-state index in [4.69, 9.17) is 9.72 Å². The summed E-state index contributed by atoms with van der Waals surface area (Å²) >= 11 is 1.58. The molecule has 0 unspecified atom stereocenters. The topological polar surface area (TPSA) is 57.7 Å². The van der Waals surface area contributed by atoms with Crippen LogP contribution in [0, 0.1) is 6.92 Å². The molecule has 1 aromatic heterocycles. The first-order chi connectivity index (χ1) is 15.5. The minimum atomic E-state index is -0.102. The lowest BCUT2D eigenvalue weighted by atomic mass is 10.1. The number of carbonyl (C=O) groups excluding carboxylic acids is 1. The van der Waals surface area contributed by atoms with Crippen molar-refractivity contribution in [2.45, 2.75) is 19.9 Å². The Balaban J connectivity index is 1.39. The molecular weight excluding hydrogens is 420 g/mol. The van der Waals surface area contributed by atoms with E-state index >= 15 is 0 Å². The predicted octanol–water partition coefficient (Wildman–Crippen LogP) is 4.06. The monoisotopic (exact) mass is 450 g/mol. The fraction of sp³-hybridized carbons (Fsp3) is 0.360. The van der Waals surface area contributed by atoms with Gasteiger partial charge in [-0.05, 0) is 43.3 Å². The Bertz CT molecular complexity index is 1070. The summed E-state index contributed by atoms with van der Waals surface area (Å²) in [5.74, 6) is 0.551. The van der Waals surface area contributed by atoms with E-state index in [1.54, 1.807) is 18.4 Å². The molecule has 7 heteroatoms. The van der Waals surface area contributed by atoms with Gasteiger partial charge in [0, 0.05) is 43.7 Å². The summed E-state index contributed by atoms with van der Waals surface area (Å²) in [7, 11) is 3.78. The number of thiazole rings is 1. The highest BCUT2D eigenvalue weighted by Crippen LogP contribution is 2.27. The van der Waals surface area contributed by atoms with E-state index in [-0.39, 0.29) is 12.3 Å². The zero-order valence-electron chi connectivity index (χ0n) is 18.9. The van der Waals surface area contributed by atoms with Crippen molar-refractivity contribution in [2.75, 3.05) is 45.7 Å². The van der Waals surface area contributed by atoms with Gasteiger partial charge in [0.05, 0.1) is 24.9 Å². The highest BCUT2D eigenvalue weighted by molar-refractivity contribution is 7.13. The quantitative estimate of drug-likeness (QED) is 0.588. The summed E-state index contributed by atoms with van der Waals surface area (Å²) < 4.78 is 5.35. The van der Waals surface area contributed by atoms with Crippen LogP contribution in [0.2, 0.25) is 0 Å². The summed E-state index contributed by atoms with van der Waals surface area (Å²) in [6.45, 7) is 7.38. The van der Waals surface area contributed by atoms with Gasteiger partial charge in [0.1, 0.15) is 10.8 Å². The number of piperazine rings is 1. The number of aryl methyl sites for hydroxylation is 1. The zero-order chi connectivity index (χ0) is 22.5. The first-order valence-electron chi connectivity index (χ1n) is 10.9. The van der Waals surface area contributed by atoms with E-state index in [9.17, 15) is 4.79 Å². The molecule has 3 aromatic rings. The number of nitrogens with zero attached hydrogens (tertiary/aromatic N) is 3. The lowest BCUT2D eigenvalue weighted by molar-refractivity contribution is -0.115. The van der Waals surface area contributed by atoms with Gasteiger partial charge in [-0.1, -0.05) is 24.3 Å². The smallest absolute Gasteiger partial charge is 0.230 e. The maximum atomic E-state index is 12.6. The first kappa shape index (κ1) is 22.5. The van der Waals surface area contributed by atoms with Gasteiger partial charge in [-0.3, -0.25) is 9.69 Å². The van der Waals surface area contributed by atoms with Crippen LogP contribution in [0.4, 0.5) is 5.69 Å². The molecule has 0 atom stereocenters. The Labute approximate surface area is 193 Å². The normalized spacial score (nSPS) is 15.0. The van der Waals surface area contributed by atoms with Gasteiger partial charge in [-0.15, -0.1) is 11.3 Å². The second-order valence-corrected chi connectivity index (χ2v) is 9.21. The van der Waals surface area contributed by atoms with E-state index in [1.807, 2.05) is 30.5 Å². The number of anilines is 1. The molecule has 1 aliphatic rings. The first-order valence-corrected chi connectivity index (χ1v) is 11.8. The maximum Gasteiger partial charge on any atom is 0.230 e. The molecule has 1 aliphatic heterocycles. The molecule has 4 rings (SSSR count). The minimum Gasteiger partial charge on any atom is -0.495 e. The minimum absolute atomic E-state index is 0.102. The van der Waals surface area contributed by atoms with Crippen LogP contribution in [0.25, 0.3) is 10.6 Å². The molecule has 0 radical (unpaired) electrons. The number of hydrogen-bond acceptors (Lipinski definition) is 6. The second-order valence-electron chi connectivity index (χ2n) is 8.35. The molecular formula is C25H30N4O2S. The van der Waals surface area contributed by atoms with Crippen LogP contribution in [0.3, 0.4) is 0 Å². The van der Waals surface area contributed by atoms with Gasteiger partial charge >= 0.3 is 0 Å². The third-order valence-electron chi connectivity index (χ3n) is 5.70. The van der Waals surface area contributed by atoms with Gasteiger partial charge in [0.25, 0.3) is 0 Å². The average Bonchev–Trinajstić information content (AvgIpc) is 3.24. The number of benzene rings is 2. The average molecular weight is 451 g/mol. The molecule has 1 saturated heterocycles. The number of carbonyl (C=O) groups is 1. The summed E-state index contributed by atoms with van der Waals surface area (Å²) in [6, 6.07) is 14.3. The standard InChI is InChI=1S/C25H30N4O2S/c1-18-7-8-23(31-3)22(13-18)27-24(30)15-21-17-32-25(26-21)20-6-4-5-19(14-20)16-29-11-9-28(2)10-12-29/h4-8,13-14,17H,9-12,15-16H2,1-3H3,(H,27,30). The van der Waals surface area contributed by atoms with Crippen molar-refractivity contribution in [2.24, 2.45) is 0 Å². The third kappa shape index (κ3) is 5.73. The van der Waals surface area contributed by atoms with E-state index in [1.165, 1.54) is 5.56 Å². The molecule has 0 saturated carbocycles. The summed E-state index contributed by atoms with van der Waals surface area (Å²) in [5.41, 5.74) is 4.93. The molecule has 2 aromatic carbocycles. The number of nitrogens with one attached hydrogen (secondary N) is 1. The molecule has 1 N–H and O–H groups in total. The molecule has 1 amide bonds. The van der Waals surface area contributed by atoms with Crippen molar-refractivity contribution in [3.05, 3.63) is 64.7 Å². The molecule has 0 spiro atoms.